The summed E-state index contributed by atoms with van der Waals surface area (Å²) in [5.41, 5.74) is 2.41. The lowest BCUT2D eigenvalue weighted by atomic mass is 10.1. The Hall–Kier alpha value is -2.05. The first-order chi connectivity index (χ1) is 9.29. The van der Waals surface area contributed by atoms with Crippen molar-refractivity contribution < 1.29 is 18.1 Å². The van der Waals surface area contributed by atoms with Crippen LogP contribution in [0.25, 0.3) is 11.1 Å². The Labute approximate surface area is 117 Å². The van der Waals surface area contributed by atoms with Crippen LogP contribution in [0, 0.1) is 0 Å². The van der Waals surface area contributed by atoms with Crippen molar-refractivity contribution in [3.05, 3.63) is 42.5 Å². The van der Waals surface area contributed by atoms with Crippen molar-refractivity contribution in [3.63, 3.8) is 0 Å². The molecule has 0 unspecified atom stereocenters. The molecular weight excluding hydrogens is 278 g/mol. The van der Waals surface area contributed by atoms with Crippen LogP contribution in [-0.2, 0) is 10.1 Å². The number of aromatic hydroxyl groups is 1. The highest BCUT2D eigenvalue weighted by Crippen LogP contribution is 2.29. The molecule has 0 saturated carbocycles. The minimum atomic E-state index is -4.44. The van der Waals surface area contributed by atoms with E-state index in [1.54, 1.807) is 6.07 Å². The summed E-state index contributed by atoms with van der Waals surface area (Å²) in [6, 6.07) is 11.6. The molecule has 0 aromatic heterocycles. The standard InChI is InChI=1S/C14H15NO4S/c1-15(2)12-6-3-10(4-7-12)11-5-8-13(16)14(9-11)20(17,18)19/h3-9,16H,1-2H3,(H,17,18,19). The van der Waals surface area contributed by atoms with Gasteiger partial charge in [0.25, 0.3) is 10.1 Å². The van der Waals surface area contributed by atoms with Crippen molar-refractivity contribution in [2.45, 2.75) is 4.90 Å². The number of hydrogen-bond acceptors (Lipinski definition) is 4. The van der Waals surface area contributed by atoms with Gasteiger partial charge in [-0.1, -0.05) is 18.2 Å². The van der Waals surface area contributed by atoms with Gasteiger partial charge in [0.1, 0.15) is 10.6 Å². The Balaban J connectivity index is 2.48. The third kappa shape index (κ3) is 2.92. The molecule has 6 heteroatoms. The number of phenolic OH excluding ortho intramolecular Hbond substituents is 1. The lowest BCUT2D eigenvalue weighted by Crippen LogP contribution is -2.07. The molecule has 2 aromatic rings. The van der Waals surface area contributed by atoms with Gasteiger partial charge in [-0.25, -0.2) is 0 Å². The predicted molar refractivity (Wildman–Crippen MR) is 77.7 cm³/mol. The summed E-state index contributed by atoms with van der Waals surface area (Å²) in [4.78, 5) is 1.45. The fourth-order valence-electron chi connectivity index (χ4n) is 1.85. The molecule has 0 fully saturated rings. The number of nitrogens with zero attached hydrogens (tertiary/aromatic N) is 1. The van der Waals surface area contributed by atoms with Gasteiger partial charge in [0.2, 0.25) is 0 Å². The second kappa shape index (κ2) is 5.15. The molecule has 2 aromatic carbocycles. The molecule has 0 atom stereocenters. The Kier molecular flexibility index (Phi) is 3.69. The number of anilines is 1. The summed E-state index contributed by atoms with van der Waals surface area (Å²) in [5, 5.41) is 9.49. The number of rotatable bonds is 3. The van der Waals surface area contributed by atoms with Gasteiger partial charge < -0.3 is 10.0 Å². The van der Waals surface area contributed by atoms with Gasteiger partial charge in [0.05, 0.1) is 0 Å². The predicted octanol–water partition coefficient (Wildman–Crippen LogP) is 2.37. The van der Waals surface area contributed by atoms with Gasteiger partial charge in [-0.05, 0) is 35.4 Å². The Bertz CT molecular complexity index is 721. The summed E-state index contributed by atoms with van der Waals surface area (Å²) in [6.07, 6.45) is 0. The van der Waals surface area contributed by atoms with E-state index in [1.807, 2.05) is 43.3 Å². The van der Waals surface area contributed by atoms with Crippen LogP contribution in [0.15, 0.2) is 47.4 Å². The average molecular weight is 293 g/mol. The van der Waals surface area contributed by atoms with E-state index in [-0.39, 0.29) is 0 Å². The minimum absolute atomic E-state index is 0.471. The molecular formula is C14H15NO4S. The topological polar surface area (TPSA) is 77.8 Å². The highest BCUT2D eigenvalue weighted by Gasteiger charge is 2.16. The molecule has 0 heterocycles. The van der Waals surface area contributed by atoms with E-state index in [2.05, 4.69) is 0 Å². The fraction of sp³-hybridized carbons (Fsp3) is 0.143. The lowest BCUT2D eigenvalue weighted by Gasteiger charge is -2.13. The van der Waals surface area contributed by atoms with Crippen LogP contribution in [0.3, 0.4) is 0 Å². The Morgan fingerprint density at radius 1 is 0.950 bits per heavy atom. The number of hydrogen-bond donors (Lipinski definition) is 2. The first kappa shape index (κ1) is 14.4. The largest absolute Gasteiger partial charge is 0.506 e. The van der Waals surface area contributed by atoms with Gasteiger partial charge in [-0.3, -0.25) is 4.55 Å². The third-order valence-electron chi connectivity index (χ3n) is 2.95. The monoisotopic (exact) mass is 293 g/mol. The number of benzene rings is 2. The van der Waals surface area contributed by atoms with E-state index in [4.69, 9.17) is 4.55 Å². The molecule has 0 bridgehead atoms. The molecule has 0 aliphatic rings. The SMILES string of the molecule is CN(C)c1ccc(-c2ccc(O)c(S(=O)(=O)O)c2)cc1. The molecule has 5 nitrogen and oxygen atoms in total. The van der Waals surface area contributed by atoms with Gasteiger partial charge in [-0.15, -0.1) is 0 Å². The van der Waals surface area contributed by atoms with Crippen LogP contribution < -0.4 is 4.90 Å². The van der Waals surface area contributed by atoms with Crippen molar-refractivity contribution in [2.24, 2.45) is 0 Å². The quantitative estimate of drug-likeness (QED) is 0.849. The normalized spacial score (nSPS) is 11.3. The fourth-order valence-corrected chi connectivity index (χ4v) is 2.46. The summed E-state index contributed by atoms with van der Waals surface area (Å²) in [5.74, 6) is -0.471. The molecule has 0 radical (unpaired) electrons. The van der Waals surface area contributed by atoms with Crippen molar-refractivity contribution in [1.29, 1.82) is 0 Å². The van der Waals surface area contributed by atoms with E-state index in [9.17, 15) is 13.5 Å². The van der Waals surface area contributed by atoms with Crippen LogP contribution in [0.4, 0.5) is 5.69 Å². The molecule has 0 amide bonds. The zero-order valence-electron chi connectivity index (χ0n) is 11.1. The first-order valence-corrected chi connectivity index (χ1v) is 7.31. The maximum atomic E-state index is 11.2. The molecule has 20 heavy (non-hydrogen) atoms. The first-order valence-electron chi connectivity index (χ1n) is 5.87. The van der Waals surface area contributed by atoms with E-state index in [1.165, 1.54) is 12.1 Å². The van der Waals surface area contributed by atoms with Crippen LogP contribution >= 0.6 is 0 Å². The third-order valence-corrected chi connectivity index (χ3v) is 3.84. The molecule has 2 N–H and O–H groups in total. The zero-order valence-corrected chi connectivity index (χ0v) is 11.9. The second-order valence-corrected chi connectivity index (χ2v) is 5.99. The zero-order chi connectivity index (χ0) is 14.9. The summed E-state index contributed by atoms with van der Waals surface area (Å²) in [7, 11) is -0.599. The Morgan fingerprint density at radius 2 is 1.50 bits per heavy atom. The van der Waals surface area contributed by atoms with E-state index >= 15 is 0 Å². The molecule has 0 aliphatic heterocycles. The van der Waals surface area contributed by atoms with Crippen molar-refractivity contribution >= 4 is 15.8 Å². The summed E-state index contributed by atoms with van der Waals surface area (Å²) < 4.78 is 31.4. The highest BCUT2D eigenvalue weighted by molar-refractivity contribution is 7.86. The van der Waals surface area contributed by atoms with Gasteiger partial charge in [-0.2, -0.15) is 8.42 Å². The van der Waals surface area contributed by atoms with Crippen LogP contribution in [0.1, 0.15) is 0 Å². The van der Waals surface area contributed by atoms with Crippen LogP contribution in [0.5, 0.6) is 5.75 Å². The molecule has 0 aliphatic carbocycles. The van der Waals surface area contributed by atoms with E-state index in [0.717, 1.165) is 11.3 Å². The summed E-state index contributed by atoms with van der Waals surface area (Å²) in [6.45, 7) is 0. The highest BCUT2D eigenvalue weighted by atomic mass is 32.2. The van der Waals surface area contributed by atoms with E-state index in [0.29, 0.717) is 5.56 Å². The maximum Gasteiger partial charge on any atom is 0.298 e. The van der Waals surface area contributed by atoms with E-state index < -0.39 is 20.8 Å². The molecule has 0 spiro atoms. The van der Waals surface area contributed by atoms with Gasteiger partial charge in [0.15, 0.2) is 0 Å². The van der Waals surface area contributed by atoms with Gasteiger partial charge in [0, 0.05) is 19.8 Å². The maximum absolute atomic E-state index is 11.2. The smallest absolute Gasteiger partial charge is 0.298 e. The van der Waals surface area contributed by atoms with Crippen LogP contribution in [0.2, 0.25) is 0 Å². The van der Waals surface area contributed by atoms with Gasteiger partial charge >= 0.3 is 0 Å². The lowest BCUT2D eigenvalue weighted by molar-refractivity contribution is 0.443. The Morgan fingerprint density at radius 3 is 2.00 bits per heavy atom. The van der Waals surface area contributed by atoms with Crippen molar-refractivity contribution in [3.8, 4) is 16.9 Å². The van der Waals surface area contributed by atoms with Crippen molar-refractivity contribution in [1.82, 2.24) is 0 Å². The molecule has 0 saturated heterocycles. The summed E-state index contributed by atoms with van der Waals surface area (Å²) >= 11 is 0. The minimum Gasteiger partial charge on any atom is -0.506 e. The second-order valence-electron chi connectivity index (χ2n) is 4.60. The van der Waals surface area contributed by atoms with Crippen LogP contribution in [-0.4, -0.2) is 32.2 Å². The number of phenols is 1. The average Bonchev–Trinajstić information content (AvgIpc) is 2.38. The molecule has 2 rings (SSSR count). The van der Waals surface area contributed by atoms with Crippen molar-refractivity contribution in [2.75, 3.05) is 19.0 Å². The molecule has 106 valence electrons.